The standard InChI is InChI=1S/C16H17ClFN5O2/c1-8-7-13(24)21-16(19-8)23-12(6-9(2)22-23)20-15(25)14-10(17)4-3-5-11(14)18/h3-6,8,16,19H,7H2,1-2H3,(H,20,25)(H,21,24). The van der Waals surface area contributed by atoms with Crippen LogP contribution in [0.3, 0.4) is 0 Å². The molecule has 9 heteroatoms. The van der Waals surface area contributed by atoms with Crippen molar-refractivity contribution >= 4 is 29.2 Å². The van der Waals surface area contributed by atoms with Crippen LogP contribution in [0.4, 0.5) is 10.2 Å². The van der Waals surface area contributed by atoms with Crippen LogP contribution in [-0.2, 0) is 4.79 Å². The van der Waals surface area contributed by atoms with E-state index in [4.69, 9.17) is 11.6 Å². The monoisotopic (exact) mass is 365 g/mol. The molecule has 1 saturated heterocycles. The summed E-state index contributed by atoms with van der Waals surface area (Å²) in [4.78, 5) is 24.2. The summed E-state index contributed by atoms with van der Waals surface area (Å²) in [6.07, 6.45) is -0.264. The summed E-state index contributed by atoms with van der Waals surface area (Å²) in [5.41, 5.74) is 0.382. The van der Waals surface area contributed by atoms with Crippen LogP contribution in [0.5, 0.6) is 0 Å². The molecule has 132 valence electrons. The molecule has 2 unspecified atom stereocenters. The van der Waals surface area contributed by atoms with Crippen LogP contribution < -0.4 is 16.0 Å². The lowest BCUT2D eigenvalue weighted by Gasteiger charge is -2.30. The van der Waals surface area contributed by atoms with Gasteiger partial charge in [-0.15, -0.1) is 0 Å². The van der Waals surface area contributed by atoms with Gasteiger partial charge in [-0.1, -0.05) is 17.7 Å². The Kier molecular flexibility index (Phi) is 4.73. The predicted octanol–water partition coefficient (Wildman–Crippen LogP) is 2.19. The lowest BCUT2D eigenvalue weighted by molar-refractivity contribution is -0.125. The molecule has 3 N–H and O–H groups in total. The molecule has 2 atom stereocenters. The van der Waals surface area contributed by atoms with Gasteiger partial charge in [0.25, 0.3) is 5.91 Å². The fourth-order valence-electron chi connectivity index (χ4n) is 2.69. The van der Waals surface area contributed by atoms with E-state index in [1.165, 1.54) is 16.8 Å². The number of carbonyl (C=O) groups is 2. The second-order valence-electron chi connectivity index (χ2n) is 5.91. The Morgan fingerprint density at radius 3 is 2.92 bits per heavy atom. The van der Waals surface area contributed by atoms with Crippen molar-refractivity contribution in [2.24, 2.45) is 0 Å². The Hall–Kier alpha value is -2.45. The fourth-order valence-corrected chi connectivity index (χ4v) is 2.94. The molecule has 2 aromatic rings. The third kappa shape index (κ3) is 3.64. The number of hydrogen-bond donors (Lipinski definition) is 3. The number of nitrogens with zero attached hydrogens (tertiary/aromatic N) is 2. The molecular formula is C16H17ClFN5O2. The second kappa shape index (κ2) is 6.81. The van der Waals surface area contributed by atoms with Gasteiger partial charge >= 0.3 is 0 Å². The molecule has 2 amide bonds. The summed E-state index contributed by atoms with van der Waals surface area (Å²) < 4.78 is 15.4. The van der Waals surface area contributed by atoms with E-state index < -0.39 is 18.0 Å². The van der Waals surface area contributed by atoms with Gasteiger partial charge in [0.1, 0.15) is 11.6 Å². The molecule has 25 heavy (non-hydrogen) atoms. The Labute approximate surface area is 148 Å². The Bertz CT molecular complexity index is 818. The average Bonchev–Trinajstić information content (AvgIpc) is 2.86. The summed E-state index contributed by atoms with van der Waals surface area (Å²) >= 11 is 5.93. The molecule has 0 spiro atoms. The quantitative estimate of drug-likeness (QED) is 0.778. The largest absolute Gasteiger partial charge is 0.322 e. The number of halogens is 2. The topological polar surface area (TPSA) is 88.0 Å². The zero-order valence-electron chi connectivity index (χ0n) is 13.6. The van der Waals surface area contributed by atoms with Gasteiger partial charge in [0, 0.05) is 18.5 Å². The number of aromatic nitrogens is 2. The van der Waals surface area contributed by atoms with E-state index in [0.29, 0.717) is 17.9 Å². The van der Waals surface area contributed by atoms with E-state index in [2.05, 4.69) is 21.0 Å². The Morgan fingerprint density at radius 1 is 1.48 bits per heavy atom. The smallest absolute Gasteiger partial charge is 0.261 e. The van der Waals surface area contributed by atoms with Gasteiger partial charge in [-0.25, -0.2) is 9.07 Å². The van der Waals surface area contributed by atoms with Crippen LogP contribution in [0.25, 0.3) is 0 Å². The van der Waals surface area contributed by atoms with Gasteiger partial charge in [0.15, 0.2) is 6.29 Å². The summed E-state index contributed by atoms with van der Waals surface area (Å²) in [5.74, 6) is -1.22. The maximum absolute atomic E-state index is 13.9. The van der Waals surface area contributed by atoms with Crippen molar-refractivity contribution in [1.29, 1.82) is 0 Å². The zero-order valence-corrected chi connectivity index (χ0v) is 14.4. The Balaban J connectivity index is 1.89. The first-order chi connectivity index (χ1) is 11.8. The van der Waals surface area contributed by atoms with Crippen LogP contribution in [0.2, 0.25) is 5.02 Å². The van der Waals surface area contributed by atoms with Crippen LogP contribution in [0.1, 0.15) is 35.7 Å². The van der Waals surface area contributed by atoms with Gasteiger partial charge in [-0.2, -0.15) is 5.10 Å². The van der Waals surface area contributed by atoms with Crippen LogP contribution >= 0.6 is 11.6 Å². The van der Waals surface area contributed by atoms with Crippen molar-refractivity contribution in [2.45, 2.75) is 32.6 Å². The third-order valence-electron chi connectivity index (χ3n) is 3.77. The second-order valence-corrected chi connectivity index (χ2v) is 6.32. The van der Waals surface area contributed by atoms with E-state index in [1.807, 2.05) is 6.92 Å². The van der Waals surface area contributed by atoms with Crippen molar-refractivity contribution < 1.29 is 14.0 Å². The molecule has 0 aliphatic carbocycles. The van der Waals surface area contributed by atoms with Crippen molar-refractivity contribution in [2.75, 3.05) is 5.32 Å². The minimum atomic E-state index is -0.717. The molecule has 2 heterocycles. The SMILES string of the molecule is Cc1cc(NC(=O)c2c(F)cccc2Cl)n(C2NC(=O)CC(C)N2)n1. The lowest BCUT2D eigenvalue weighted by atomic mass is 10.2. The number of anilines is 1. The molecule has 1 aliphatic heterocycles. The summed E-state index contributed by atoms with van der Waals surface area (Å²) in [5, 5.41) is 12.8. The van der Waals surface area contributed by atoms with Gasteiger partial charge in [0.05, 0.1) is 16.3 Å². The molecule has 1 fully saturated rings. The number of rotatable bonds is 3. The number of hydrogen-bond acceptors (Lipinski definition) is 4. The summed E-state index contributed by atoms with van der Waals surface area (Å²) in [6.45, 7) is 3.62. The Morgan fingerprint density at radius 2 is 2.24 bits per heavy atom. The van der Waals surface area contributed by atoms with Gasteiger partial charge in [-0.3, -0.25) is 14.9 Å². The molecule has 3 rings (SSSR count). The molecule has 0 saturated carbocycles. The molecule has 1 aliphatic rings. The molecule has 7 nitrogen and oxygen atoms in total. The highest BCUT2D eigenvalue weighted by molar-refractivity contribution is 6.34. The summed E-state index contributed by atoms with van der Waals surface area (Å²) in [7, 11) is 0. The minimum absolute atomic E-state index is 0.0120. The van der Waals surface area contributed by atoms with Crippen molar-refractivity contribution in [3.8, 4) is 0 Å². The number of nitrogens with one attached hydrogen (secondary N) is 3. The predicted molar refractivity (Wildman–Crippen MR) is 90.7 cm³/mol. The highest BCUT2D eigenvalue weighted by Crippen LogP contribution is 2.22. The van der Waals surface area contributed by atoms with E-state index >= 15 is 0 Å². The fraction of sp³-hybridized carbons (Fsp3) is 0.312. The molecule has 1 aromatic heterocycles. The van der Waals surface area contributed by atoms with Crippen LogP contribution in [0, 0.1) is 12.7 Å². The number of aryl methyl sites for hydroxylation is 1. The molecule has 0 radical (unpaired) electrons. The lowest BCUT2D eigenvalue weighted by Crippen LogP contribution is -2.52. The minimum Gasteiger partial charge on any atom is -0.322 e. The number of carbonyl (C=O) groups excluding carboxylic acids is 2. The van der Waals surface area contributed by atoms with Crippen molar-refractivity contribution in [1.82, 2.24) is 20.4 Å². The highest BCUT2D eigenvalue weighted by Gasteiger charge is 2.27. The number of benzene rings is 1. The normalized spacial score (nSPS) is 20.2. The van der Waals surface area contributed by atoms with Gasteiger partial charge in [0.2, 0.25) is 5.91 Å². The molecule has 0 bridgehead atoms. The zero-order chi connectivity index (χ0) is 18.1. The maximum Gasteiger partial charge on any atom is 0.261 e. The van der Waals surface area contributed by atoms with E-state index in [0.717, 1.165) is 6.07 Å². The van der Waals surface area contributed by atoms with E-state index in [9.17, 15) is 14.0 Å². The van der Waals surface area contributed by atoms with Gasteiger partial charge < -0.3 is 10.6 Å². The van der Waals surface area contributed by atoms with Gasteiger partial charge in [-0.05, 0) is 26.0 Å². The van der Waals surface area contributed by atoms with Crippen LogP contribution in [-0.4, -0.2) is 27.6 Å². The van der Waals surface area contributed by atoms with Crippen molar-refractivity contribution in [3.63, 3.8) is 0 Å². The first-order valence-electron chi connectivity index (χ1n) is 7.72. The first kappa shape index (κ1) is 17.4. The third-order valence-corrected chi connectivity index (χ3v) is 4.08. The van der Waals surface area contributed by atoms with E-state index in [-0.39, 0.29) is 22.5 Å². The van der Waals surface area contributed by atoms with E-state index in [1.54, 1.807) is 13.0 Å². The average molecular weight is 366 g/mol. The number of amides is 2. The van der Waals surface area contributed by atoms with Crippen molar-refractivity contribution in [3.05, 3.63) is 46.4 Å². The van der Waals surface area contributed by atoms with Crippen LogP contribution in [0.15, 0.2) is 24.3 Å². The maximum atomic E-state index is 13.9. The first-order valence-corrected chi connectivity index (χ1v) is 8.10. The summed E-state index contributed by atoms with van der Waals surface area (Å²) in [6, 6.07) is 5.60. The molecule has 1 aromatic carbocycles. The molecular weight excluding hydrogens is 349 g/mol. The highest BCUT2D eigenvalue weighted by atomic mass is 35.5.